The highest BCUT2D eigenvalue weighted by atomic mass is 15.2. The maximum atomic E-state index is 6.22. The van der Waals surface area contributed by atoms with Crippen LogP contribution >= 0.6 is 0 Å². The lowest BCUT2D eigenvalue weighted by molar-refractivity contribution is 0.263. The van der Waals surface area contributed by atoms with E-state index in [2.05, 4.69) is 48.9 Å². The predicted octanol–water partition coefficient (Wildman–Crippen LogP) is 3.69. The molecule has 3 nitrogen and oxygen atoms in total. The van der Waals surface area contributed by atoms with Crippen molar-refractivity contribution >= 4 is 22.3 Å². The van der Waals surface area contributed by atoms with Gasteiger partial charge in [0, 0.05) is 18.5 Å². The van der Waals surface area contributed by atoms with Crippen molar-refractivity contribution in [2.45, 2.75) is 27.2 Å². The Balaban J connectivity index is 2.01. The summed E-state index contributed by atoms with van der Waals surface area (Å²) in [6.07, 6.45) is 3.03. The normalized spacial score (nSPS) is 19.8. The SMILES string of the molecule is CC(C)(C)C1CCN(c2c(N)cnc3ccccc23)C1. The minimum absolute atomic E-state index is 0.354. The molecule has 2 aromatic rings. The molecule has 1 aromatic carbocycles. The molecule has 1 atom stereocenters. The summed E-state index contributed by atoms with van der Waals surface area (Å²) in [4.78, 5) is 6.87. The van der Waals surface area contributed by atoms with E-state index in [4.69, 9.17) is 5.73 Å². The van der Waals surface area contributed by atoms with Gasteiger partial charge in [0.05, 0.1) is 23.1 Å². The Hall–Kier alpha value is -1.77. The standard InChI is InChI=1S/C17H23N3/c1-17(2,3)12-8-9-20(11-12)16-13-6-4-5-7-15(13)19-10-14(16)18/h4-7,10,12H,8-9,11,18H2,1-3H3. The lowest BCUT2D eigenvalue weighted by Gasteiger charge is -2.28. The first-order chi connectivity index (χ1) is 9.47. The number of pyridine rings is 1. The van der Waals surface area contributed by atoms with E-state index in [9.17, 15) is 0 Å². The Morgan fingerprint density at radius 2 is 2.00 bits per heavy atom. The summed E-state index contributed by atoms with van der Waals surface area (Å²) in [5.41, 5.74) is 9.55. The maximum absolute atomic E-state index is 6.22. The average Bonchev–Trinajstić information content (AvgIpc) is 2.88. The van der Waals surface area contributed by atoms with Crippen LogP contribution in [0.4, 0.5) is 11.4 Å². The monoisotopic (exact) mass is 269 g/mol. The minimum Gasteiger partial charge on any atom is -0.396 e. The molecule has 0 radical (unpaired) electrons. The molecule has 3 heteroatoms. The second-order valence-corrected chi connectivity index (χ2v) is 6.88. The number of anilines is 2. The van der Waals surface area contributed by atoms with Crippen molar-refractivity contribution in [1.82, 2.24) is 4.98 Å². The van der Waals surface area contributed by atoms with E-state index >= 15 is 0 Å². The van der Waals surface area contributed by atoms with Gasteiger partial charge in [-0.25, -0.2) is 0 Å². The first kappa shape index (κ1) is 13.2. The summed E-state index contributed by atoms with van der Waals surface area (Å²) in [7, 11) is 0. The van der Waals surface area contributed by atoms with Gasteiger partial charge in [0.1, 0.15) is 0 Å². The third-order valence-corrected chi connectivity index (χ3v) is 4.50. The number of fused-ring (bicyclic) bond motifs is 1. The zero-order valence-corrected chi connectivity index (χ0v) is 12.6. The molecular weight excluding hydrogens is 246 g/mol. The van der Waals surface area contributed by atoms with E-state index in [0.29, 0.717) is 11.3 Å². The molecule has 106 valence electrons. The summed E-state index contributed by atoms with van der Waals surface area (Å²) in [6.45, 7) is 9.15. The van der Waals surface area contributed by atoms with Crippen LogP contribution in [0.3, 0.4) is 0 Å². The number of rotatable bonds is 1. The second kappa shape index (κ2) is 4.65. The third kappa shape index (κ3) is 2.21. The number of aromatic nitrogens is 1. The van der Waals surface area contributed by atoms with Crippen LogP contribution < -0.4 is 10.6 Å². The maximum Gasteiger partial charge on any atom is 0.0745 e. The zero-order chi connectivity index (χ0) is 14.3. The number of hydrogen-bond donors (Lipinski definition) is 1. The molecule has 0 spiro atoms. The molecule has 0 saturated carbocycles. The van der Waals surface area contributed by atoms with Gasteiger partial charge in [0.2, 0.25) is 0 Å². The molecule has 1 aliphatic heterocycles. The fraction of sp³-hybridized carbons (Fsp3) is 0.471. The van der Waals surface area contributed by atoms with Gasteiger partial charge < -0.3 is 10.6 Å². The van der Waals surface area contributed by atoms with E-state index in [1.54, 1.807) is 6.20 Å². The van der Waals surface area contributed by atoms with Crippen molar-refractivity contribution in [2.75, 3.05) is 23.7 Å². The molecule has 1 aliphatic rings. The fourth-order valence-corrected chi connectivity index (χ4v) is 3.17. The number of para-hydroxylation sites is 1. The van der Waals surface area contributed by atoms with Crippen molar-refractivity contribution in [3.63, 3.8) is 0 Å². The van der Waals surface area contributed by atoms with Crippen LogP contribution in [0.1, 0.15) is 27.2 Å². The van der Waals surface area contributed by atoms with Gasteiger partial charge in [0.15, 0.2) is 0 Å². The number of nitrogens with two attached hydrogens (primary N) is 1. The number of hydrogen-bond acceptors (Lipinski definition) is 3. The van der Waals surface area contributed by atoms with Crippen molar-refractivity contribution in [3.8, 4) is 0 Å². The number of benzene rings is 1. The summed E-state index contributed by atoms with van der Waals surface area (Å²) in [5, 5.41) is 1.17. The van der Waals surface area contributed by atoms with Crippen LogP contribution in [0.15, 0.2) is 30.5 Å². The lowest BCUT2D eigenvalue weighted by atomic mass is 9.80. The minimum atomic E-state index is 0.354. The van der Waals surface area contributed by atoms with Gasteiger partial charge in [-0.3, -0.25) is 4.98 Å². The van der Waals surface area contributed by atoms with E-state index in [0.717, 1.165) is 24.3 Å². The van der Waals surface area contributed by atoms with E-state index in [1.807, 2.05) is 6.07 Å². The molecular formula is C17H23N3. The summed E-state index contributed by atoms with van der Waals surface area (Å²) >= 11 is 0. The molecule has 0 aliphatic carbocycles. The molecule has 1 aromatic heterocycles. The van der Waals surface area contributed by atoms with Gasteiger partial charge in [-0.05, 0) is 23.8 Å². The largest absolute Gasteiger partial charge is 0.396 e. The van der Waals surface area contributed by atoms with Gasteiger partial charge in [0.25, 0.3) is 0 Å². The summed E-state index contributed by atoms with van der Waals surface area (Å²) in [5.74, 6) is 0.717. The molecule has 0 amide bonds. The van der Waals surface area contributed by atoms with Crippen LogP contribution in [0.5, 0.6) is 0 Å². The average molecular weight is 269 g/mol. The van der Waals surface area contributed by atoms with Crippen LogP contribution in [0.2, 0.25) is 0 Å². The highest BCUT2D eigenvalue weighted by Crippen LogP contribution is 2.39. The Labute approximate surface area is 120 Å². The van der Waals surface area contributed by atoms with Crippen molar-refractivity contribution in [3.05, 3.63) is 30.5 Å². The quantitative estimate of drug-likeness (QED) is 0.858. The van der Waals surface area contributed by atoms with Crippen LogP contribution in [-0.4, -0.2) is 18.1 Å². The van der Waals surface area contributed by atoms with E-state index in [1.165, 1.54) is 17.5 Å². The van der Waals surface area contributed by atoms with E-state index < -0.39 is 0 Å². The van der Waals surface area contributed by atoms with Gasteiger partial charge >= 0.3 is 0 Å². The van der Waals surface area contributed by atoms with Gasteiger partial charge in [-0.2, -0.15) is 0 Å². The highest BCUT2D eigenvalue weighted by Gasteiger charge is 2.33. The number of nitrogens with zero attached hydrogens (tertiary/aromatic N) is 2. The predicted molar refractivity (Wildman–Crippen MR) is 85.9 cm³/mol. The van der Waals surface area contributed by atoms with Crippen molar-refractivity contribution < 1.29 is 0 Å². The van der Waals surface area contributed by atoms with Gasteiger partial charge in [-0.1, -0.05) is 39.0 Å². The topological polar surface area (TPSA) is 42.1 Å². The molecule has 3 rings (SSSR count). The van der Waals surface area contributed by atoms with Crippen molar-refractivity contribution in [2.24, 2.45) is 11.3 Å². The molecule has 0 bridgehead atoms. The Morgan fingerprint density at radius 1 is 1.25 bits per heavy atom. The Morgan fingerprint density at radius 3 is 2.70 bits per heavy atom. The molecule has 20 heavy (non-hydrogen) atoms. The molecule has 1 saturated heterocycles. The summed E-state index contributed by atoms with van der Waals surface area (Å²) < 4.78 is 0. The highest BCUT2D eigenvalue weighted by molar-refractivity contribution is 5.97. The zero-order valence-electron chi connectivity index (χ0n) is 12.6. The van der Waals surface area contributed by atoms with E-state index in [-0.39, 0.29) is 0 Å². The summed E-state index contributed by atoms with van der Waals surface area (Å²) in [6, 6.07) is 8.26. The number of nitrogen functional groups attached to an aromatic ring is 1. The van der Waals surface area contributed by atoms with Crippen LogP contribution in [0.25, 0.3) is 10.9 Å². The third-order valence-electron chi connectivity index (χ3n) is 4.50. The second-order valence-electron chi connectivity index (χ2n) is 6.88. The van der Waals surface area contributed by atoms with Crippen LogP contribution in [0, 0.1) is 11.3 Å². The first-order valence-electron chi connectivity index (χ1n) is 7.35. The van der Waals surface area contributed by atoms with Gasteiger partial charge in [-0.15, -0.1) is 0 Å². The lowest BCUT2D eigenvalue weighted by Crippen LogP contribution is -2.26. The molecule has 1 fully saturated rings. The van der Waals surface area contributed by atoms with Crippen molar-refractivity contribution in [1.29, 1.82) is 0 Å². The van der Waals surface area contributed by atoms with Crippen LogP contribution in [-0.2, 0) is 0 Å². The first-order valence-corrected chi connectivity index (χ1v) is 7.35. The smallest absolute Gasteiger partial charge is 0.0745 e. The Kier molecular flexibility index (Phi) is 3.08. The fourth-order valence-electron chi connectivity index (χ4n) is 3.17. The molecule has 2 heterocycles. The molecule has 1 unspecified atom stereocenters. The Bertz CT molecular complexity index is 628. The molecule has 2 N–H and O–H groups in total.